The summed E-state index contributed by atoms with van der Waals surface area (Å²) < 4.78 is 5.94. The van der Waals surface area contributed by atoms with Gasteiger partial charge in [-0.25, -0.2) is 0 Å². The lowest BCUT2D eigenvalue weighted by Gasteiger charge is -2.43. The molecular weight excluding hydrogens is 380 g/mol. The molecule has 3 saturated heterocycles. The normalized spacial score (nSPS) is 25.2. The molecule has 0 bridgehead atoms. The number of aliphatic hydroxyl groups is 1. The van der Waals surface area contributed by atoms with Crippen LogP contribution in [0.2, 0.25) is 0 Å². The SMILES string of the molecule is O=C(C1CCCN(C2CCN(c3nc4ccccc4o3)CC2)C1)N1CCC(O)CC1. The molecule has 5 rings (SSSR count). The molecule has 1 aromatic heterocycles. The van der Waals surface area contributed by atoms with E-state index in [0.717, 1.165) is 81.8 Å². The largest absolute Gasteiger partial charge is 0.423 e. The quantitative estimate of drug-likeness (QED) is 0.835. The summed E-state index contributed by atoms with van der Waals surface area (Å²) in [7, 11) is 0. The molecule has 162 valence electrons. The number of benzene rings is 1. The van der Waals surface area contributed by atoms with Crippen molar-refractivity contribution in [2.45, 2.75) is 50.7 Å². The maximum atomic E-state index is 13.0. The summed E-state index contributed by atoms with van der Waals surface area (Å²) in [5.41, 5.74) is 1.76. The number of fused-ring (bicyclic) bond motifs is 1. The maximum Gasteiger partial charge on any atom is 0.298 e. The minimum atomic E-state index is -0.233. The molecule has 1 aromatic carbocycles. The number of likely N-dealkylation sites (tertiary alicyclic amines) is 2. The average molecular weight is 413 g/mol. The van der Waals surface area contributed by atoms with E-state index in [0.29, 0.717) is 25.0 Å². The molecule has 2 aromatic rings. The highest BCUT2D eigenvalue weighted by Crippen LogP contribution is 2.29. The molecule has 1 atom stereocenters. The molecule has 3 fully saturated rings. The fraction of sp³-hybridized carbons (Fsp3) is 0.652. The second kappa shape index (κ2) is 8.55. The Bertz CT molecular complexity index is 835. The Morgan fingerprint density at radius 3 is 2.53 bits per heavy atom. The van der Waals surface area contributed by atoms with Crippen LogP contribution in [0.1, 0.15) is 38.5 Å². The van der Waals surface area contributed by atoms with Crippen LogP contribution in [0.5, 0.6) is 0 Å². The van der Waals surface area contributed by atoms with Crippen molar-refractivity contribution < 1.29 is 14.3 Å². The number of aliphatic hydroxyl groups excluding tert-OH is 1. The maximum absolute atomic E-state index is 13.0. The first-order valence-corrected chi connectivity index (χ1v) is 11.5. The predicted octanol–water partition coefficient (Wildman–Crippen LogP) is 2.49. The first-order chi connectivity index (χ1) is 14.7. The van der Waals surface area contributed by atoms with E-state index in [9.17, 15) is 9.90 Å². The topological polar surface area (TPSA) is 73.1 Å². The number of carbonyl (C=O) groups excluding carboxylic acids is 1. The molecule has 1 N–H and O–H groups in total. The highest BCUT2D eigenvalue weighted by Gasteiger charge is 2.35. The van der Waals surface area contributed by atoms with Crippen molar-refractivity contribution in [2.24, 2.45) is 5.92 Å². The zero-order valence-electron chi connectivity index (χ0n) is 17.6. The standard InChI is InChI=1S/C23H32N4O3/c28-19-9-14-25(15-10-19)22(29)17-4-3-11-27(16-17)18-7-12-26(13-8-18)23-24-20-5-1-2-6-21(20)30-23/h1-2,5-6,17-19,28H,3-4,7-16H2. The Hall–Kier alpha value is -2.12. The van der Waals surface area contributed by atoms with Crippen molar-refractivity contribution in [1.82, 2.24) is 14.8 Å². The summed E-state index contributed by atoms with van der Waals surface area (Å²) in [4.78, 5) is 24.4. The first kappa shape index (κ1) is 19.8. The first-order valence-electron chi connectivity index (χ1n) is 11.5. The molecule has 30 heavy (non-hydrogen) atoms. The molecule has 7 heteroatoms. The lowest BCUT2D eigenvalue weighted by Crippen LogP contribution is -2.52. The number of aromatic nitrogens is 1. The van der Waals surface area contributed by atoms with E-state index in [1.165, 1.54) is 0 Å². The van der Waals surface area contributed by atoms with Crippen LogP contribution >= 0.6 is 0 Å². The molecule has 4 heterocycles. The number of rotatable bonds is 3. The summed E-state index contributed by atoms with van der Waals surface area (Å²) in [5.74, 6) is 0.416. The predicted molar refractivity (Wildman–Crippen MR) is 115 cm³/mol. The molecular formula is C23H32N4O3. The second-order valence-electron chi connectivity index (χ2n) is 9.07. The van der Waals surface area contributed by atoms with Crippen molar-refractivity contribution in [3.8, 4) is 0 Å². The van der Waals surface area contributed by atoms with Crippen LogP contribution in [-0.2, 0) is 4.79 Å². The monoisotopic (exact) mass is 412 g/mol. The Labute approximate surface area is 177 Å². The molecule has 3 aliphatic heterocycles. The summed E-state index contributed by atoms with van der Waals surface area (Å²) in [5, 5.41) is 9.71. The van der Waals surface area contributed by atoms with Crippen LogP contribution < -0.4 is 4.90 Å². The van der Waals surface area contributed by atoms with E-state index < -0.39 is 0 Å². The Morgan fingerprint density at radius 2 is 1.77 bits per heavy atom. The summed E-state index contributed by atoms with van der Waals surface area (Å²) >= 11 is 0. The summed E-state index contributed by atoms with van der Waals surface area (Å²) in [6.45, 7) is 5.27. The van der Waals surface area contributed by atoms with Gasteiger partial charge in [-0.05, 0) is 57.2 Å². The number of piperidine rings is 3. The van der Waals surface area contributed by atoms with Crippen LogP contribution in [0, 0.1) is 5.92 Å². The summed E-state index contributed by atoms with van der Waals surface area (Å²) in [6.07, 6.45) is 5.45. The fourth-order valence-corrected chi connectivity index (χ4v) is 5.30. The van der Waals surface area contributed by atoms with Gasteiger partial charge in [-0.15, -0.1) is 0 Å². The molecule has 3 aliphatic rings. The van der Waals surface area contributed by atoms with Gasteiger partial charge in [0.2, 0.25) is 5.91 Å². The van der Waals surface area contributed by atoms with Crippen molar-refractivity contribution in [1.29, 1.82) is 0 Å². The smallest absolute Gasteiger partial charge is 0.298 e. The van der Waals surface area contributed by atoms with Crippen LogP contribution in [0.3, 0.4) is 0 Å². The van der Waals surface area contributed by atoms with E-state index >= 15 is 0 Å². The van der Waals surface area contributed by atoms with E-state index in [1.807, 2.05) is 29.2 Å². The molecule has 1 unspecified atom stereocenters. The zero-order chi connectivity index (χ0) is 20.5. The number of hydrogen-bond acceptors (Lipinski definition) is 6. The van der Waals surface area contributed by atoms with Gasteiger partial charge in [0, 0.05) is 38.8 Å². The highest BCUT2D eigenvalue weighted by molar-refractivity contribution is 5.79. The van der Waals surface area contributed by atoms with Gasteiger partial charge < -0.3 is 19.3 Å². The number of para-hydroxylation sites is 2. The Balaban J connectivity index is 1.16. The van der Waals surface area contributed by atoms with Gasteiger partial charge in [-0.2, -0.15) is 4.98 Å². The lowest BCUT2D eigenvalue weighted by molar-refractivity contribution is -0.139. The van der Waals surface area contributed by atoms with Gasteiger partial charge >= 0.3 is 0 Å². The number of amides is 1. The van der Waals surface area contributed by atoms with Crippen molar-refractivity contribution in [3.63, 3.8) is 0 Å². The van der Waals surface area contributed by atoms with E-state index in [4.69, 9.17) is 4.42 Å². The molecule has 0 spiro atoms. The van der Waals surface area contributed by atoms with Gasteiger partial charge in [-0.3, -0.25) is 9.69 Å². The van der Waals surface area contributed by atoms with Crippen molar-refractivity contribution in [3.05, 3.63) is 24.3 Å². The average Bonchev–Trinajstić information content (AvgIpc) is 3.24. The Morgan fingerprint density at radius 1 is 1.00 bits per heavy atom. The molecule has 0 aliphatic carbocycles. The highest BCUT2D eigenvalue weighted by atomic mass is 16.4. The zero-order valence-corrected chi connectivity index (χ0v) is 17.6. The fourth-order valence-electron chi connectivity index (χ4n) is 5.30. The van der Waals surface area contributed by atoms with Crippen LogP contribution in [0.4, 0.5) is 6.01 Å². The van der Waals surface area contributed by atoms with Crippen molar-refractivity contribution >= 4 is 23.0 Å². The van der Waals surface area contributed by atoms with Gasteiger partial charge in [0.1, 0.15) is 5.52 Å². The molecule has 0 radical (unpaired) electrons. The number of nitrogens with zero attached hydrogens (tertiary/aromatic N) is 4. The Kier molecular flexibility index (Phi) is 5.65. The van der Waals surface area contributed by atoms with Gasteiger partial charge in [0.15, 0.2) is 5.58 Å². The third-order valence-corrected chi connectivity index (χ3v) is 7.11. The third-order valence-electron chi connectivity index (χ3n) is 7.11. The van der Waals surface area contributed by atoms with Crippen LogP contribution in [0.15, 0.2) is 28.7 Å². The molecule has 0 saturated carbocycles. The minimum absolute atomic E-state index is 0.115. The number of oxazole rings is 1. The number of anilines is 1. The third kappa shape index (κ3) is 4.05. The minimum Gasteiger partial charge on any atom is -0.423 e. The van der Waals surface area contributed by atoms with E-state index in [1.54, 1.807) is 0 Å². The molecule has 1 amide bonds. The number of carbonyl (C=O) groups is 1. The second-order valence-corrected chi connectivity index (χ2v) is 9.07. The van der Waals surface area contributed by atoms with Crippen LogP contribution in [-0.4, -0.2) is 77.2 Å². The van der Waals surface area contributed by atoms with Gasteiger partial charge in [0.05, 0.1) is 12.0 Å². The molecule has 7 nitrogen and oxygen atoms in total. The van der Waals surface area contributed by atoms with E-state index in [-0.39, 0.29) is 12.0 Å². The van der Waals surface area contributed by atoms with Crippen LogP contribution in [0.25, 0.3) is 11.1 Å². The summed E-state index contributed by atoms with van der Waals surface area (Å²) in [6, 6.07) is 9.18. The lowest BCUT2D eigenvalue weighted by atomic mass is 9.92. The van der Waals surface area contributed by atoms with Gasteiger partial charge in [0.25, 0.3) is 6.01 Å². The van der Waals surface area contributed by atoms with Gasteiger partial charge in [-0.1, -0.05) is 12.1 Å². The number of hydrogen-bond donors (Lipinski definition) is 1. The van der Waals surface area contributed by atoms with Crippen molar-refractivity contribution in [2.75, 3.05) is 44.2 Å². The van der Waals surface area contributed by atoms with E-state index in [2.05, 4.69) is 14.8 Å².